The predicted octanol–water partition coefficient (Wildman–Crippen LogP) is 9.90. The minimum Gasteiger partial charge on any atom is -0.300 e. The van der Waals surface area contributed by atoms with E-state index in [0.717, 1.165) is 48.8 Å². The topological polar surface area (TPSA) is 51.2 Å². The molecule has 3 nitrogen and oxygen atoms in total. The molecule has 0 heterocycles. The number of ketones is 3. The molecule has 1 aliphatic carbocycles. The van der Waals surface area contributed by atoms with Crippen molar-refractivity contribution in [3.8, 4) is 0 Å². The van der Waals surface area contributed by atoms with Crippen LogP contribution < -0.4 is 0 Å². The maximum absolute atomic E-state index is 12.7. The van der Waals surface area contributed by atoms with Gasteiger partial charge in [0, 0.05) is 17.9 Å². The van der Waals surface area contributed by atoms with Crippen molar-refractivity contribution in [2.75, 3.05) is 0 Å². The molecule has 3 atom stereocenters. The number of carbonyl (C=O) groups excluding carboxylic acids is 3. The molecule has 1 aromatic carbocycles. The van der Waals surface area contributed by atoms with Crippen molar-refractivity contribution in [1.29, 1.82) is 0 Å². The Hall–Kier alpha value is -1.77. The zero-order valence-electron chi connectivity index (χ0n) is 25.6. The highest BCUT2D eigenvalue weighted by atomic mass is 16.1. The largest absolute Gasteiger partial charge is 0.300 e. The average Bonchev–Trinajstić information content (AvgIpc) is 2.83. The van der Waals surface area contributed by atoms with Gasteiger partial charge in [0.05, 0.1) is 6.42 Å². The molecule has 3 heteroatoms. The Morgan fingerprint density at radius 3 is 1.97 bits per heavy atom. The normalized spacial score (nSPS) is 15.9. The lowest BCUT2D eigenvalue weighted by Gasteiger charge is -2.31. The van der Waals surface area contributed by atoms with Crippen molar-refractivity contribution in [1.82, 2.24) is 0 Å². The summed E-state index contributed by atoms with van der Waals surface area (Å²) in [6.07, 6.45) is 14.9. The first-order valence-electron chi connectivity index (χ1n) is 15.3. The van der Waals surface area contributed by atoms with Crippen LogP contribution in [-0.4, -0.2) is 17.3 Å². The summed E-state index contributed by atoms with van der Waals surface area (Å²) in [7, 11) is 0. The summed E-state index contributed by atoms with van der Waals surface area (Å²) < 4.78 is 0. The smallest absolute Gasteiger partial charge is 0.163 e. The molecule has 37 heavy (non-hydrogen) atoms. The van der Waals surface area contributed by atoms with Crippen molar-refractivity contribution in [3.05, 3.63) is 34.9 Å². The summed E-state index contributed by atoms with van der Waals surface area (Å²) in [5, 5.41) is 0. The van der Waals surface area contributed by atoms with Crippen LogP contribution in [0.1, 0.15) is 153 Å². The van der Waals surface area contributed by atoms with Crippen molar-refractivity contribution in [2.24, 2.45) is 17.8 Å². The summed E-state index contributed by atoms with van der Waals surface area (Å²) >= 11 is 0. The van der Waals surface area contributed by atoms with Gasteiger partial charge in [0.1, 0.15) is 11.6 Å². The first-order chi connectivity index (χ1) is 17.7. The van der Waals surface area contributed by atoms with E-state index in [-0.39, 0.29) is 35.6 Å². The second kappa shape index (κ2) is 21.2. The van der Waals surface area contributed by atoms with Crippen molar-refractivity contribution in [2.45, 2.75) is 145 Å². The van der Waals surface area contributed by atoms with Crippen LogP contribution >= 0.6 is 0 Å². The van der Waals surface area contributed by atoms with E-state index in [1.807, 2.05) is 26.0 Å². The average molecular weight is 515 g/mol. The summed E-state index contributed by atoms with van der Waals surface area (Å²) in [5.74, 6) is 0.770. The molecule has 0 aliphatic heterocycles. The summed E-state index contributed by atoms with van der Waals surface area (Å²) in [6.45, 7) is 16.4. The molecule has 0 N–H and O–H groups in total. The van der Waals surface area contributed by atoms with E-state index in [1.165, 1.54) is 51.9 Å². The van der Waals surface area contributed by atoms with Crippen LogP contribution in [0, 0.1) is 24.7 Å². The van der Waals surface area contributed by atoms with Crippen LogP contribution in [0.15, 0.2) is 18.2 Å². The number of hydrogen-bond acceptors (Lipinski definition) is 3. The number of hydrogen-bond donors (Lipinski definition) is 0. The van der Waals surface area contributed by atoms with E-state index in [4.69, 9.17) is 0 Å². The third kappa shape index (κ3) is 14.1. The number of unbranched alkanes of at least 4 members (excludes halogenated alkanes) is 5. The molecule has 2 rings (SSSR count). The standard InChI is InChI=1S/C23H32O3.C8H18.C3H8/c1-5-8-18(20(6-2)21(25)11-16(4)24)12-17-13-19-10-7-9-15(3)23(19)22(26)14-17;1-3-5-7-8-6-4-2;1-3-2/h7,9-10,17-18,20H,5-6,8,11-14H2,1-4H3;3-8H2,1-2H3;3H2,1-2H3. The van der Waals surface area contributed by atoms with E-state index in [0.29, 0.717) is 12.3 Å². The summed E-state index contributed by atoms with van der Waals surface area (Å²) in [6, 6.07) is 6.10. The predicted molar refractivity (Wildman–Crippen MR) is 159 cm³/mol. The molecule has 0 spiro atoms. The Morgan fingerprint density at radius 2 is 1.49 bits per heavy atom. The van der Waals surface area contributed by atoms with Gasteiger partial charge in [-0.25, -0.2) is 0 Å². The van der Waals surface area contributed by atoms with Gasteiger partial charge in [-0.15, -0.1) is 0 Å². The Morgan fingerprint density at radius 1 is 0.892 bits per heavy atom. The van der Waals surface area contributed by atoms with Gasteiger partial charge in [-0.3, -0.25) is 14.4 Å². The number of carbonyl (C=O) groups is 3. The van der Waals surface area contributed by atoms with Gasteiger partial charge < -0.3 is 0 Å². The number of fused-ring (bicyclic) bond motifs is 1. The lowest BCUT2D eigenvalue weighted by molar-refractivity contribution is -0.129. The van der Waals surface area contributed by atoms with Gasteiger partial charge in [0.2, 0.25) is 0 Å². The molecule has 0 fully saturated rings. The van der Waals surface area contributed by atoms with E-state index in [2.05, 4.69) is 40.7 Å². The molecular weight excluding hydrogens is 456 g/mol. The highest BCUT2D eigenvalue weighted by Gasteiger charge is 2.32. The highest BCUT2D eigenvalue weighted by Crippen LogP contribution is 2.36. The first-order valence-corrected chi connectivity index (χ1v) is 15.3. The minimum atomic E-state index is -0.0622. The molecule has 0 bridgehead atoms. The summed E-state index contributed by atoms with van der Waals surface area (Å²) in [4.78, 5) is 36.6. The van der Waals surface area contributed by atoms with Gasteiger partial charge >= 0.3 is 0 Å². The van der Waals surface area contributed by atoms with Crippen molar-refractivity contribution < 1.29 is 14.4 Å². The molecule has 212 valence electrons. The number of rotatable bonds is 14. The maximum Gasteiger partial charge on any atom is 0.163 e. The Labute approximate surface area is 229 Å². The van der Waals surface area contributed by atoms with Gasteiger partial charge in [0.25, 0.3) is 0 Å². The summed E-state index contributed by atoms with van der Waals surface area (Å²) in [5.41, 5.74) is 3.14. The highest BCUT2D eigenvalue weighted by molar-refractivity contribution is 6.00. The Kier molecular flexibility index (Phi) is 20.2. The third-order valence-electron chi connectivity index (χ3n) is 7.22. The lowest BCUT2D eigenvalue weighted by atomic mass is 9.72. The Bertz CT molecular complexity index is 773. The molecule has 0 saturated heterocycles. The maximum atomic E-state index is 12.7. The quantitative estimate of drug-likeness (QED) is 0.183. The van der Waals surface area contributed by atoms with E-state index < -0.39 is 0 Å². The molecule has 0 saturated carbocycles. The fourth-order valence-electron chi connectivity index (χ4n) is 5.55. The van der Waals surface area contributed by atoms with Crippen molar-refractivity contribution >= 4 is 17.3 Å². The fraction of sp³-hybridized carbons (Fsp3) is 0.735. The van der Waals surface area contributed by atoms with Crippen LogP contribution in [0.3, 0.4) is 0 Å². The molecular formula is C34H58O3. The SMILES string of the molecule is CCC.CCCC(CC1CC(=O)c2c(C)cccc2C1)C(CC)C(=O)CC(C)=O.CCCCCCCC. The van der Waals surface area contributed by atoms with Gasteiger partial charge in [-0.1, -0.05) is 118 Å². The number of Topliss-reactive ketones (excluding diaryl/α,β-unsaturated/α-hetero) is 3. The van der Waals surface area contributed by atoms with Crippen molar-refractivity contribution in [3.63, 3.8) is 0 Å². The molecule has 0 radical (unpaired) electrons. The number of aryl methyl sites for hydroxylation is 1. The molecule has 0 aromatic heterocycles. The lowest BCUT2D eigenvalue weighted by Crippen LogP contribution is -2.29. The van der Waals surface area contributed by atoms with Crippen LogP contribution in [0.5, 0.6) is 0 Å². The third-order valence-corrected chi connectivity index (χ3v) is 7.22. The van der Waals surface area contributed by atoms with Gasteiger partial charge in [0.15, 0.2) is 5.78 Å². The second-order valence-electron chi connectivity index (χ2n) is 11.1. The van der Waals surface area contributed by atoms with Crippen LogP contribution in [0.25, 0.3) is 0 Å². The second-order valence-corrected chi connectivity index (χ2v) is 11.1. The van der Waals surface area contributed by atoms with Gasteiger partial charge in [-0.2, -0.15) is 0 Å². The van der Waals surface area contributed by atoms with Crippen LogP contribution in [0.4, 0.5) is 0 Å². The zero-order chi connectivity index (χ0) is 28.2. The fourth-order valence-corrected chi connectivity index (χ4v) is 5.55. The molecule has 0 amide bonds. The molecule has 1 aromatic rings. The molecule has 3 unspecified atom stereocenters. The van der Waals surface area contributed by atoms with E-state index in [1.54, 1.807) is 0 Å². The van der Waals surface area contributed by atoms with E-state index >= 15 is 0 Å². The first kappa shape index (κ1) is 35.2. The monoisotopic (exact) mass is 514 g/mol. The van der Waals surface area contributed by atoms with Crippen LogP contribution in [-0.2, 0) is 16.0 Å². The van der Waals surface area contributed by atoms with Crippen LogP contribution in [0.2, 0.25) is 0 Å². The minimum absolute atomic E-state index is 0.0460. The van der Waals surface area contributed by atoms with E-state index in [9.17, 15) is 14.4 Å². The Balaban J connectivity index is 0.000000992. The zero-order valence-corrected chi connectivity index (χ0v) is 25.6. The van der Waals surface area contributed by atoms with Gasteiger partial charge in [-0.05, 0) is 56.1 Å². The molecule has 1 aliphatic rings. The number of benzene rings is 1.